The van der Waals surface area contributed by atoms with Gasteiger partial charge < -0.3 is 4.42 Å². The SMILES string of the molecule is [2H]c1cc(C([2H])([2H])C(C)(C)C)cc(-c2c(C)ccc3c2oc2c([N+]#[C-])ccc(C)c23)[n+]1C. The number of hydrogen-bond acceptors (Lipinski definition) is 1. The Morgan fingerprint density at radius 2 is 1.83 bits per heavy atom. The Kier molecular flexibility index (Phi) is 3.66. The number of rotatable bonds is 2. The Bertz CT molecular complexity index is 1440. The molecule has 2 heterocycles. The van der Waals surface area contributed by atoms with Gasteiger partial charge in [-0.1, -0.05) is 45.0 Å². The van der Waals surface area contributed by atoms with E-state index >= 15 is 0 Å². The first kappa shape index (κ1) is 15.8. The van der Waals surface area contributed by atoms with Crippen LogP contribution >= 0.6 is 0 Å². The molecule has 0 unspecified atom stereocenters. The molecule has 0 saturated carbocycles. The van der Waals surface area contributed by atoms with E-state index in [0.717, 1.165) is 27.5 Å². The number of pyridine rings is 1. The van der Waals surface area contributed by atoms with Gasteiger partial charge in [0.25, 0.3) is 0 Å². The molecule has 0 N–H and O–H groups in total. The summed E-state index contributed by atoms with van der Waals surface area (Å²) in [6.07, 6.45) is -1.41. The van der Waals surface area contributed by atoms with Crippen LogP contribution in [-0.4, -0.2) is 0 Å². The smallest absolute Gasteiger partial charge is 0.229 e. The third kappa shape index (κ3) is 3.29. The van der Waals surface area contributed by atoms with Crippen LogP contribution in [0.2, 0.25) is 0 Å². The van der Waals surface area contributed by atoms with Crippen LogP contribution in [0, 0.1) is 25.8 Å². The van der Waals surface area contributed by atoms with Gasteiger partial charge in [0.1, 0.15) is 19.6 Å². The molecule has 4 aromatic rings. The first-order chi connectivity index (χ1) is 14.9. The van der Waals surface area contributed by atoms with Gasteiger partial charge in [0, 0.05) is 25.6 Å². The zero-order valence-corrected chi connectivity index (χ0v) is 17.8. The van der Waals surface area contributed by atoms with Crippen molar-refractivity contribution in [1.29, 1.82) is 0 Å². The predicted molar refractivity (Wildman–Crippen MR) is 119 cm³/mol. The molecule has 0 atom stereocenters. The lowest BCUT2D eigenvalue weighted by molar-refractivity contribution is -0.660. The van der Waals surface area contributed by atoms with Crippen LogP contribution in [-0.2, 0) is 13.4 Å². The van der Waals surface area contributed by atoms with Crippen LogP contribution in [0.5, 0.6) is 0 Å². The van der Waals surface area contributed by atoms with Crippen LogP contribution in [0.15, 0.2) is 47.0 Å². The lowest BCUT2D eigenvalue weighted by Gasteiger charge is -2.18. The number of nitrogens with zero attached hydrogens (tertiary/aromatic N) is 2. The molecular weight excluding hydrogens is 356 g/mol. The first-order valence-electron chi connectivity index (χ1n) is 11.2. The second-order valence-corrected chi connectivity index (χ2v) is 8.65. The molecule has 0 aliphatic carbocycles. The van der Waals surface area contributed by atoms with Crippen LogP contribution < -0.4 is 4.57 Å². The average molecular weight is 387 g/mol. The van der Waals surface area contributed by atoms with E-state index in [1.165, 1.54) is 0 Å². The molecule has 0 saturated heterocycles. The lowest BCUT2D eigenvalue weighted by atomic mass is 9.87. The molecule has 3 nitrogen and oxygen atoms in total. The zero-order chi connectivity index (χ0) is 23.6. The van der Waals surface area contributed by atoms with E-state index in [1.54, 1.807) is 16.7 Å². The van der Waals surface area contributed by atoms with E-state index in [4.69, 9.17) is 15.1 Å². The van der Waals surface area contributed by atoms with Crippen molar-refractivity contribution in [2.75, 3.05) is 0 Å². The molecule has 0 aliphatic rings. The number of aromatic nitrogens is 1. The molecule has 29 heavy (non-hydrogen) atoms. The molecule has 0 spiro atoms. The van der Waals surface area contributed by atoms with E-state index in [0.29, 0.717) is 28.1 Å². The largest absolute Gasteiger partial charge is 0.466 e. The van der Waals surface area contributed by atoms with E-state index in [9.17, 15) is 0 Å². The van der Waals surface area contributed by atoms with Crippen molar-refractivity contribution < 1.29 is 13.1 Å². The van der Waals surface area contributed by atoms with Crippen molar-refractivity contribution in [3.8, 4) is 11.3 Å². The summed E-state index contributed by atoms with van der Waals surface area (Å²) in [4.78, 5) is 3.64. The van der Waals surface area contributed by atoms with Crippen molar-refractivity contribution in [1.82, 2.24) is 0 Å². The lowest BCUT2D eigenvalue weighted by Crippen LogP contribution is -2.31. The molecule has 0 bridgehead atoms. The Hall–Kier alpha value is -3.12. The van der Waals surface area contributed by atoms with Gasteiger partial charge in [0.15, 0.2) is 6.17 Å². The summed E-state index contributed by atoms with van der Waals surface area (Å²) in [7, 11) is 1.81. The minimum atomic E-state index is -1.63. The molecule has 2 aromatic heterocycles. The second kappa shape index (κ2) is 6.74. The van der Waals surface area contributed by atoms with Gasteiger partial charge in [-0.3, -0.25) is 0 Å². The van der Waals surface area contributed by atoms with Crippen molar-refractivity contribution in [3.63, 3.8) is 0 Å². The highest BCUT2D eigenvalue weighted by Gasteiger charge is 2.23. The summed E-state index contributed by atoms with van der Waals surface area (Å²) in [5.41, 5.74) is 5.04. The van der Waals surface area contributed by atoms with Crippen LogP contribution in [0.1, 0.15) is 41.6 Å². The van der Waals surface area contributed by atoms with Gasteiger partial charge in [-0.05, 0) is 42.3 Å². The maximum atomic E-state index is 8.75. The normalized spacial score (nSPS) is 13.9. The fraction of sp³-hybridized carbons (Fsp3) is 0.308. The van der Waals surface area contributed by atoms with E-state index in [1.807, 2.05) is 65.9 Å². The third-order valence-corrected chi connectivity index (χ3v) is 5.15. The van der Waals surface area contributed by atoms with E-state index < -0.39 is 11.8 Å². The summed E-state index contributed by atoms with van der Waals surface area (Å²) >= 11 is 0. The van der Waals surface area contributed by atoms with Gasteiger partial charge in [0.2, 0.25) is 11.4 Å². The van der Waals surface area contributed by atoms with Crippen molar-refractivity contribution in [2.45, 2.75) is 41.0 Å². The van der Waals surface area contributed by atoms with Gasteiger partial charge >= 0.3 is 0 Å². The fourth-order valence-electron chi connectivity index (χ4n) is 3.87. The topological polar surface area (TPSA) is 21.4 Å². The van der Waals surface area contributed by atoms with Crippen molar-refractivity contribution in [2.24, 2.45) is 12.5 Å². The van der Waals surface area contributed by atoms with Crippen molar-refractivity contribution in [3.05, 3.63) is 70.7 Å². The number of hydrogen-bond donors (Lipinski definition) is 0. The first-order valence-corrected chi connectivity index (χ1v) is 9.73. The standard InChI is InChI=1S/C26H27N2O/c1-16-9-11-20(27-6)25-22(16)19-10-8-17(2)23(24(19)29-25)21-14-18(12-13-28(21)7)15-26(3,4)5/h8-14H,15H2,1-5,7H3/q+1/i13D,15D2. The number of aryl methyl sites for hydroxylation is 2. The Morgan fingerprint density at radius 1 is 1.10 bits per heavy atom. The highest BCUT2D eigenvalue weighted by molar-refractivity contribution is 6.14. The molecule has 0 amide bonds. The van der Waals surface area contributed by atoms with Crippen LogP contribution in [0.3, 0.4) is 0 Å². The van der Waals surface area contributed by atoms with Gasteiger partial charge in [-0.2, -0.15) is 0 Å². The number of furan rings is 1. The molecule has 4 rings (SSSR count). The van der Waals surface area contributed by atoms with Gasteiger partial charge in [0.05, 0.1) is 12.1 Å². The summed E-state index contributed by atoms with van der Waals surface area (Å²) in [5, 5.41) is 1.84. The minimum Gasteiger partial charge on any atom is -0.466 e. The molecule has 3 heteroatoms. The Labute approximate surface area is 176 Å². The van der Waals surface area contributed by atoms with E-state index in [-0.39, 0.29) is 6.17 Å². The summed E-state index contributed by atoms with van der Waals surface area (Å²) < 4.78 is 34.1. The highest BCUT2D eigenvalue weighted by atomic mass is 16.3. The van der Waals surface area contributed by atoms with Crippen LogP contribution in [0.4, 0.5) is 5.69 Å². The second-order valence-electron chi connectivity index (χ2n) is 8.65. The molecule has 0 fully saturated rings. The van der Waals surface area contributed by atoms with Gasteiger partial charge in [-0.25, -0.2) is 9.41 Å². The third-order valence-electron chi connectivity index (χ3n) is 5.15. The molecule has 146 valence electrons. The maximum absolute atomic E-state index is 8.75. The Balaban J connectivity index is 2.13. The van der Waals surface area contributed by atoms with E-state index in [2.05, 4.69) is 4.85 Å². The Morgan fingerprint density at radius 3 is 2.52 bits per heavy atom. The summed E-state index contributed by atoms with van der Waals surface area (Å²) in [6, 6.07) is 11.2. The summed E-state index contributed by atoms with van der Waals surface area (Å²) in [6.45, 7) is 17.1. The number of benzene rings is 2. The quantitative estimate of drug-likeness (QED) is 0.273. The maximum Gasteiger partial charge on any atom is 0.229 e. The highest BCUT2D eigenvalue weighted by Crippen LogP contribution is 2.41. The average Bonchev–Trinajstić information content (AvgIpc) is 3.10. The fourth-order valence-corrected chi connectivity index (χ4v) is 3.87. The summed E-state index contributed by atoms with van der Waals surface area (Å²) in [5.74, 6) is 0. The molecule has 0 radical (unpaired) electrons. The molecule has 0 aliphatic heterocycles. The van der Waals surface area contributed by atoms with Gasteiger partial charge in [-0.15, -0.1) is 0 Å². The monoisotopic (exact) mass is 386 g/mol. The zero-order valence-electron chi connectivity index (χ0n) is 20.8. The van der Waals surface area contributed by atoms with Crippen LogP contribution in [0.25, 0.3) is 38.0 Å². The molecular formula is C26H27N2O+. The van der Waals surface area contributed by atoms with Crippen molar-refractivity contribution >= 4 is 27.6 Å². The predicted octanol–water partition coefficient (Wildman–Crippen LogP) is 6.83. The molecule has 2 aromatic carbocycles. The minimum absolute atomic E-state index is 0.219. The number of fused-ring (bicyclic) bond motifs is 3.